The molecule has 0 radical (unpaired) electrons. The lowest BCUT2D eigenvalue weighted by Crippen LogP contribution is -2.49. The standard InChI is InChI=1S/C16H22N2O5/c1-4-21-16(20)18-14(10(2)3)15(19)17-8-11-5-6-12-13(7-11)23-9-22-12/h5-7,10,14H,4,8-9H2,1-3H3,(H,17,19)(H,18,20)/t14-/m0/s1. The van der Waals surface area contributed by atoms with E-state index in [-0.39, 0.29) is 25.2 Å². The normalized spacial score (nSPS) is 13.6. The van der Waals surface area contributed by atoms with E-state index in [2.05, 4.69) is 10.6 Å². The number of amides is 2. The second kappa shape index (κ2) is 7.71. The SMILES string of the molecule is CCOC(=O)N[C@H](C(=O)NCc1ccc2c(c1)OCO2)C(C)C. The van der Waals surface area contributed by atoms with Crippen LogP contribution in [0.4, 0.5) is 4.79 Å². The largest absolute Gasteiger partial charge is 0.454 e. The second-order valence-electron chi connectivity index (χ2n) is 5.49. The van der Waals surface area contributed by atoms with Crippen LogP contribution in [0.15, 0.2) is 18.2 Å². The maximum Gasteiger partial charge on any atom is 0.407 e. The van der Waals surface area contributed by atoms with E-state index in [9.17, 15) is 9.59 Å². The van der Waals surface area contributed by atoms with Gasteiger partial charge < -0.3 is 24.8 Å². The molecule has 1 heterocycles. The Hall–Kier alpha value is -2.44. The molecule has 1 aliphatic rings. The third kappa shape index (κ3) is 4.51. The molecule has 7 nitrogen and oxygen atoms in total. The molecule has 2 amide bonds. The summed E-state index contributed by atoms with van der Waals surface area (Å²) < 4.78 is 15.4. The maximum absolute atomic E-state index is 12.3. The topological polar surface area (TPSA) is 85.9 Å². The van der Waals surface area contributed by atoms with Crippen LogP contribution in [0.25, 0.3) is 0 Å². The summed E-state index contributed by atoms with van der Waals surface area (Å²) in [6, 6.07) is 4.84. The van der Waals surface area contributed by atoms with Crippen molar-refractivity contribution in [1.29, 1.82) is 0 Å². The lowest BCUT2D eigenvalue weighted by atomic mass is 10.0. The number of hydrogen-bond donors (Lipinski definition) is 2. The van der Waals surface area contributed by atoms with Crippen molar-refractivity contribution in [2.75, 3.05) is 13.4 Å². The van der Waals surface area contributed by atoms with Crippen LogP contribution >= 0.6 is 0 Å². The summed E-state index contributed by atoms with van der Waals surface area (Å²) in [6.45, 7) is 6.24. The summed E-state index contributed by atoms with van der Waals surface area (Å²) in [5.74, 6) is 1.05. The van der Waals surface area contributed by atoms with Crippen LogP contribution in [0.3, 0.4) is 0 Å². The van der Waals surface area contributed by atoms with Crippen LogP contribution in [0.1, 0.15) is 26.3 Å². The summed E-state index contributed by atoms with van der Waals surface area (Å²) in [5.41, 5.74) is 0.890. The minimum absolute atomic E-state index is 0.0591. The summed E-state index contributed by atoms with van der Waals surface area (Å²) in [6.07, 6.45) is -0.593. The Bertz CT molecular complexity index is 574. The first-order valence-corrected chi connectivity index (χ1v) is 7.60. The molecule has 126 valence electrons. The van der Waals surface area contributed by atoms with Gasteiger partial charge in [-0.3, -0.25) is 4.79 Å². The molecule has 0 aliphatic carbocycles. The van der Waals surface area contributed by atoms with Crippen LogP contribution in [-0.2, 0) is 16.1 Å². The lowest BCUT2D eigenvalue weighted by Gasteiger charge is -2.21. The first-order chi connectivity index (χ1) is 11.0. The zero-order chi connectivity index (χ0) is 16.8. The molecule has 0 saturated carbocycles. The number of carbonyl (C=O) groups is 2. The Labute approximate surface area is 135 Å². The molecule has 1 aliphatic heterocycles. The van der Waals surface area contributed by atoms with E-state index < -0.39 is 12.1 Å². The van der Waals surface area contributed by atoms with Gasteiger partial charge in [0, 0.05) is 6.54 Å². The predicted octanol–water partition coefficient (Wildman–Crippen LogP) is 1.80. The van der Waals surface area contributed by atoms with Gasteiger partial charge in [0.15, 0.2) is 11.5 Å². The number of alkyl carbamates (subject to hydrolysis) is 1. The van der Waals surface area contributed by atoms with Gasteiger partial charge in [0.05, 0.1) is 6.61 Å². The molecule has 2 N–H and O–H groups in total. The second-order valence-corrected chi connectivity index (χ2v) is 5.49. The van der Waals surface area contributed by atoms with Crippen molar-refractivity contribution in [3.8, 4) is 11.5 Å². The fourth-order valence-electron chi connectivity index (χ4n) is 2.18. The van der Waals surface area contributed by atoms with Gasteiger partial charge in [-0.15, -0.1) is 0 Å². The maximum atomic E-state index is 12.3. The van der Waals surface area contributed by atoms with Crippen molar-refractivity contribution in [3.63, 3.8) is 0 Å². The number of fused-ring (bicyclic) bond motifs is 1. The van der Waals surface area contributed by atoms with Crippen LogP contribution in [-0.4, -0.2) is 31.4 Å². The molecule has 2 rings (SSSR count). The Balaban J connectivity index is 1.92. The van der Waals surface area contributed by atoms with E-state index in [0.717, 1.165) is 5.56 Å². The molecule has 23 heavy (non-hydrogen) atoms. The molecule has 0 fully saturated rings. The highest BCUT2D eigenvalue weighted by Crippen LogP contribution is 2.32. The molecule has 1 atom stereocenters. The Kier molecular flexibility index (Phi) is 5.67. The highest BCUT2D eigenvalue weighted by molar-refractivity contribution is 5.85. The zero-order valence-corrected chi connectivity index (χ0v) is 13.5. The molecular formula is C16H22N2O5. The Morgan fingerprint density at radius 2 is 2.00 bits per heavy atom. The third-order valence-electron chi connectivity index (χ3n) is 3.40. The summed E-state index contributed by atoms with van der Waals surface area (Å²) in [5, 5.41) is 5.39. The fraction of sp³-hybridized carbons (Fsp3) is 0.500. The Morgan fingerprint density at radius 1 is 1.26 bits per heavy atom. The first-order valence-electron chi connectivity index (χ1n) is 7.60. The quantitative estimate of drug-likeness (QED) is 0.834. The van der Waals surface area contributed by atoms with Crippen LogP contribution in [0.5, 0.6) is 11.5 Å². The molecule has 0 aromatic heterocycles. The first kappa shape index (κ1) is 16.9. The molecule has 0 spiro atoms. The molecule has 0 bridgehead atoms. The number of nitrogens with one attached hydrogen (secondary N) is 2. The van der Waals surface area contributed by atoms with Gasteiger partial charge in [0.1, 0.15) is 6.04 Å². The fourth-order valence-corrected chi connectivity index (χ4v) is 2.18. The number of ether oxygens (including phenoxy) is 3. The van der Waals surface area contributed by atoms with Crippen molar-refractivity contribution >= 4 is 12.0 Å². The number of benzene rings is 1. The van der Waals surface area contributed by atoms with Gasteiger partial charge in [-0.2, -0.15) is 0 Å². The monoisotopic (exact) mass is 322 g/mol. The minimum atomic E-state index is -0.650. The average Bonchev–Trinajstić information content (AvgIpc) is 2.97. The van der Waals surface area contributed by atoms with Crippen LogP contribution in [0.2, 0.25) is 0 Å². The van der Waals surface area contributed by atoms with Gasteiger partial charge in [-0.05, 0) is 30.5 Å². The van der Waals surface area contributed by atoms with Crippen molar-refractivity contribution in [3.05, 3.63) is 23.8 Å². The molecule has 1 aromatic rings. The summed E-state index contributed by atoms with van der Waals surface area (Å²) in [4.78, 5) is 23.8. The summed E-state index contributed by atoms with van der Waals surface area (Å²) >= 11 is 0. The van der Waals surface area contributed by atoms with Gasteiger partial charge >= 0.3 is 6.09 Å². The molecule has 0 unspecified atom stereocenters. The van der Waals surface area contributed by atoms with E-state index in [1.165, 1.54) is 0 Å². The van der Waals surface area contributed by atoms with Crippen molar-refractivity contribution < 1.29 is 23.8 Å². The van der Waals surface area contributed by atoms with E-state index in [4.69, 9.17) is 14.2 Å². The van der Waals surface area contributed by atoms with E-state index in [1.807, 2.05) is 26.0 Å². The van der Waals surface area contributed by atoms with Gasteiger partial charge in [-0.25, -0.2) is 4.79 Å². The van der Waals surface area contributed by atoms with Crippen LogP contribution in [0, 0.1) is 5.92 Å². The van der Waals surface area contributed by atoms with E-state index in [0.29, 0.717) is 18.0 Å². The predicted molar refractivity (Wildman–Crippen MR) is 83.2 cm³/mol. The third-order valence-corrected chi connectivity index (χ3v) is 3.40. The van der Waals surface area contributed by atoms with Crippen molar-refractivity contribution in [2.24, 2.45) is 5.92 Å². The number of rotatable bonds is 6. The number of hydrogen-bond acceptors (Lipinski definition) is 5. The van der Waals surface area contributed by atoms with Crippen LogP contribution < -0.4 is 20.1 Å². The van der Waals surface area contributed by atoms with Gasteiger partial charge in [0.2, 0.25) is 12.7 Å². The van der Waals surface area contributed by atoms with Crippen molar-refractivity contribution in [2.45, 2.75) is 33.4 Å². The average molecular weight is 322 g/mol. The lowest BCUT2D eigenvalue weighted by molar-refractivity contribution is -0.124. The smallest absolute Gasteiger partial charge is 0.407 e. The molecule has 0 saturated heterocycles. The van der Waals surface area contributed by atoms with E-state index in [1.54, 1.807) is 13.0 Å². The highest BCUT2D eigenvalue weighted by atomic mass is 16.7. The molecular weight excluding hydrogens is 300 g/mol. The van der Waals surface area contributed by atoms with Crippen molar-refractivity contribution in [1.82, 2.24) is 10.6 Å². The minimum Gasteiger partial charge on any atom is -0.454 e. The Morgan fingerprint density at radius 3 is 2.70 bits per heavy atom. The number of carbonyl (C=O) groups excluding carboxylic acids is 2. The summed E-state index contributed by atoms with van der Waals surface area (Å²) in [7, 11) is 0. The molecule has 7 heteroatoms. The zero-order valence-electron chi connectivity index (χ0n) is 13.5. The van der Waals surface area contributed by atoms with Gasteiger partial charge in [0.25, 0.3) is 0 Å². The van der Waals surface area contributed by atoms with E-state index >= 15 is 0 Å². The molecule has 1 aromatic carbocycles. The highest BCUT2D eigenvalue weighted by Gasteiger charge is 2.24. The van der Waals surface area contributed by atoms with Gasteiger partial charge in [-0.1, -0.05) is 19.9 Å².